The van der Waals surface area contributed by atoms with Crippen LogP contribution in [0.4, 0.5) is 0 Å². The zero-order chi connectivity index (χ0) is 13.9. The van der Waals surface area contributed by atoms with Gasteiger partial charge in [0.05, 0.1) is 6.26 Å². The van der Waals surface area contributed by atoms with Gasteiger partial charge in [-0.2, -0.15) is 4.31 Å². The van der Waals surface area contributed by atoms with E-state index in [4.69, 9.17) is 0 Å². The van der Waals surface area contributed by atoms with Gasteiger partial charge in [0.15, 0.2) is 0 Å². The molecule has 0 unspecified atom stereocenters. The van der Waals surface area contributed by atoms with E-state index in [1.807, 2.05) is 0 Å². The maximum absolute atomic E-state index is 11.4. The molecule has 0 N–H and O–H groups in total. The van der Waals surface area contributed by atoms with Gasteiger partial charge in [0, 0.05) is 32.7 Å². The van der Waals surface area contributed by atoms with Crippen molar-refractivity contribution in [2.75, 3.05) is 32.4 Å². The molecule has 0 radical (unpaired) electrons. The fourth-order valence-electron chi connectivity index (χ4n) is 2.43. The van der Waals surface area contributed by atoms with Gasteiger partial charge in [-0.25, -0.2) is 8.42 Å². The molecule has 1 aromatic rings. The van der Waals surface area contributed by atoms with Gasteiger partial charge in [-0.1, -0.05) is 31.2 Å². The molecule has 0 amide bonds. The van der Waals surface area contributed by atoms with E-state index in [0.29, 0.717) is 13.1 Å². The first-order valence-corrected chi connectivity index (χ1v) is 8.59. The molecule has 2 rings (SSSR count). The van der Waals surface area contributed by atoms with E-state index in [1.54, 1.807) is 4.31 Å². The fraction of sp³-hybridized carbons (Fsp3) is 0.571. The minimum Gasteiger partial charge on any atom is -0.296 e. The van der Waals surface area contributed by atoms with E-state index in [2.05, 4.69) is 36.1 Å². The summed E-state index contributed by atoms with van der Waals surface area (Å²) in [6, 6.07) is 8.62. The molecule has 1 aliphatic heterocycles. The molecule has 0 atom stereocenters. The number of hydrogen-bond acceptors (Lipinski definition) is 3. The van der Waals surface area contributed by atoms with Crippen LogP contribution in [-0.2, 0) is 23.0 Å². The predicted octanol–water partition coefficient (Wildman–Crippen LogP) is 1.33. The molecule has 1 aliphatic rings. The summed E-state index contributed by atoms with van der Waals surface area (Å²) in [7, 11) is -3.03. The molecule has 1 saturated heterocycles. The lowest BCUT2D eigenvalue weighted by atomic mass is 10.1. The molecule has 1 aromatic carbocycles. The zero-order valence-electron chi connectivity index (χ0n) is 11.7. The van der Waals surface area contributed by atoms with Crippen LogP contribution in [0.1, 0.15) is 18.1 Å². The Bertz CT molecular complexity index is 520. The minimum absolute atomic E-state index is 0.603. The first-order chi connectivity index (χ1) is 8.99. The molecular weight excluding hydrogens is 260 g/mol. The van der Waals surface area contributed by atoms with Crippen LogP contribution in [0, 0.1) is 0 Å². The molecule has 0 aromatic heterocycles. The molecule has 0 spiro atoms. The van der Waals surface area contributed by atoms with Crippen molar-refractivity contribution in [2.24, 2.45) is 0 Å². The Balaban J connectivity index is 1.92. The summed E-state index contributed by atoms with van der Waals surface area (Å²) in [5.41, 5.74) is 2.67. The van der Waals surface area contributed by atoms with E-state index in [-0.39, 0.29) is 0 Å². The Hall–Kier alpha value is -0.910. The Kier molecular flexibility index (Phi) is 4.60. The Morgan fingerprint density at radius 2 is 1.74 bits per heavy atom. The normalized spacial score (nSPS) is 18.6. The number of hydrogen-bond donors (Lipinski definition) is 0. The molecule has 106 valence electrons. The molecule has 0 saturated carbocycles. The predicted molar refractivity (Wildman–Crippen MR) is 77.5 cm³/mol. The van der Waals surface area contributed by atoms with Crippen molar-refractivity contribution in [3.05, 3.63) is 35.4 Å². The summed E-state index contributed by atoms with van der Waals surface area (Å²) < 4.78 is 24.4. The summed E-state index contributed by atoms with van der Waals surface area (Å²) in [5, 5.41) is 0. The second-order valence-electron chi connectivity index (χ2n) is 5.11. The van der Waals surface area contributed by atoms with Crippen molar-refractivity contribution in [3.63, 3.8) is 0 Å². The van der Waals surface area contributed by atoms with Gasteiger partial charge in [-0.05, 0) is 17.5 Å². The van der Waals surface area contributed by atoms with Crippen LogP contribution < -0.4 is 0 Å². The molecule has 19 heavy (non-hydrogen) atoms. The molecular formula is C14H22N2O2S. The fourth-order valence-corrected chi connectivity index (χ4v) is 3.25. The average Bonchev–Trinajstić information content (AvgIpc) is 2.38. The van der Waals surface area contributed by atoms with Crippen LogP contribution >= 0.6 is 0 Å². The summed E-state index contributed by atoms with van der Waals surface area (Å²) in [6.45, 7) is 5.89. The molecule has 4 nitrogen and oxygen atoms in total. The Morgan fingerprint density at radius 3 is 2.32 bits per heavy atom. The van der Waals surface area contributed by atoms with Gasteiger partial charge in [0.2, 0.25) is 10.0 Å². The van der Waals surface area contributed by atoms with Crippen LogP contribution in [0.5, 0.6) is 0 Å². The highest BCUT2D eigenvalue weighted by Crippen LogP contribution is 2.12. The van der Waals surface area contributed by atoms with Crippen LogP contribution in [-0.4, -0.2) is 50.1 Å². The monoisotopic (exact) mass is 282 g/mol. The summed E-state index contributed by atoms with van der Waals surface area (Å²) in [6.07, 6.45) is 2.34. The van der Waals surface area contributed by atoms with Crippen molar-refractivity contribution in [1.82, 2.24) is 9.21 Å². The quantitative estimate of drug-likeness (QED) is 0.836. The third-order valence-electron chi connectivity index (χ3n) is 3.61. The first kappa shape index (κ1) is 14.5. The number of benzene rings is 1. The third kappa shape index (κ3) is 4.03. The summed E-state index contributed by atoms with van der Waals surface area (Å²) in [5.74, 6) is 0. The van der Waals surface area contributed by atoms with Gasteiger partial charge in [-0.3, -0.25) is 4.90 Å². The van der Waals surface area contributed by atoms with Gasteiger partial charge in [-0.15, -0.1) is 0 Å². The SMILES string of the molecule is CCc1cccc(CN2CCN(S(C)(=O)=O)CC2)c1. The van der Waals surface area contributed by atoms with Crippen LogP contribution in [0.3, 0.4) is 0 Å². The van der Waals surface area contributed by atoms with E-state index in [0.717, 1.165) is 26.1 Å². The summed E-state index contributed by atoms with van der Waals surface area (Å²) in [4.78, 5) is 2.32. The number of piperazine rings is 1. The molecule has 5 heteroatoms. The van der Waals surface area contributed by atoms with Crippen LogP contribution in [0.25, 0.3) is 0 Å². The Morgan fingerprint density at radius 1 is 1.11 bits per heavy atom. The maximum Gasteiger partial charge on any atom is 0.211 e. The highest BCUT2D eigenvalue weighted by atomic mass is 32.2. The van der Waals surface area contributed by atoms with E-state index >= 15 is 0 Å². The van der Waals surface area contributed by atoms with Gasteiger partial charge >= 0.3 is 0 Å². The van der Waals surface area contributed by atoms with Gasteiger partial charge in [0.1, 0.15) is 0 Å². The number of rotatable bonds is 4. The van der Waals surface area contributed by atoms with E-state index in [9.17, 15) is 8.42 Å². The van der Waals surface area contributed by atoms with Gasteiger partial charge in [0.25, 0.3) is 0 Å². The average molecular weight is 282 g/mol. The smallest absolute Gasteiger partial charge is 0.211 e. The van der Waals surface area contributed by atoms with Crippen molar-refractivity contribution >= 4 is 10.0 Å². The number of aryl methyl sites for hydroxylation is 1. The highest BCUT2D eigenvalue weighted by molar-refractivity contribution is 7.88. The standard InChI is InChI=1S/C14H22N2O2S/c1-3-13-5-4-6-14(11-13)12-15-7-9-16(10-8-15)19(2,17)18/h4-6,11H,3,7-10,12H2,1-2H3. The third-order valence-corrected chi connectivity index (χ3v) is 4.91. The summed E-state index contributed by atoms with van der Waals surface area (Å²) >= 11 is 0. The number of sulfonamides is 1. The van der Waals surface area contributed by atoms with Crippen molar-refractivity contribution in [3.8, 4) is 0 Å². The molecule has 0 bridgehead atoms. The lowest BCUT2D eigenvalue weighted by molar-refractivity contribution is 0.182. The second kappa shape index (κ2) is 6.03. The molecule has 0 aliphatic carbocycles. The lowest BCUT2D eigenvalue weighted by Gasteiger charge is -2.33. The lowest BCUT2D eigenvalue weighted by Crippen LogP contribution is -2.47. The Labute approximate surface area is 116 Å². The van der Waals surface area contributed by atoms with Crippen LogP contribution in [0.15, 0.2) is 24.3 Å². The van der Waals surface area contributed by atoms with Gasteiger partial charge < -0.3 is 0 Å². The number of nitrogens with zero attached hydrogens (tertiary/aromatic N) is 2. The minimum atomic E-state index is -3.03. The van der Waals surface area contributed by atoms with E-state index < -0.39 is 10.0 Å². The van der Waals surface area contributed by atoms with E-state index in [1.165, 1.54) is 17.4 Å². The molecule has 1 fully saturated rings. The van der Waals surface area contributed by atoms with Crippen molar-refractivity contribution in [2.45, 2.75) is 19.9 Å². The topological polar surface area (TPSA) is 40.6 Å². The van der Waals surface area contributed by atoms with Crippen molar-refractivity contribution in [1.29, 1.82) is 0 Å². The maximum atomic E-state index is 11.4. The second-order valence-corrected chi connectivity index (χ2v) is 7.09. The zero-order valence-corrected chi connectivity index (χ0v) is 12.5. The first-order valence-electron chi connectivity index (χ1n) is 6.74. The van der Waals surface area contributed by atoms with Crippen molar-refractivity contribution < 1.29 is 8.42 Å². The van der Waals surface area contributed by atoms with Crippen LogP contribution in [0.2, 0.25) is 0 Å². The highest BCUT2D eigenvalue weighted by Gasteiger charge is 2.23. The molecule has 1 heterocycles. The largest absolute Gasteiger partial charge is 0.296 e.